The Morgan fingerprint density at radius 2 is 1.94 bits per heavy atom. The minimum atomic E-state index is -4.21. The smallest absolute Gasteiger partial charge is 0.421 e. The number of carboxylic acids is 1. The van der Waals surface area contributed by atoms with Crippen LogP contribution in [0.25, 0.3) is 0 Å². The number of amides is 1. The molecule has 0 aliphatic heterocycles. The molecule has 3 N–H and O–H groups in total. The minimum absolute atomic E-state index is 0.0114. The molecular formula is C7H14N2O6S. The van der Waals surface area contributed by atoms with Crippen molar-refractivity contribution in [1.29, 1.82) is 0 Å². The number of carboxylic acid groups (broad SMARTS) is 1. The summed E-state index contributed by atoms with van der Waals surface area (Å²) in [6.45, 7) is 3.01. The number of hydrogen-bond donors (Lipinski definition) is 3. The number of ether oxygens (including phenoxy) is 1. The van der Waals surface area contributed by atoms with Crippen LogP contribution in [0, 0.1) is 0 Å². The Labute approximate surface area is 93.2 Å². The van der Waals surface area contributed by atoms with Crippen LogP contribution in [0.2, 0.25) is 0 Å². The quantitative estimate of drug-likeness (QED) is 0.583. The summed E-state index contributed by atoms with van der Waals surface area (Å²) in [6.07, 6.45) is -1.10. The predicted octanol–water partition coefficient (Wildman–Crippen LogP) is -0.570. The van der Waals surface area contributed by atoms with Crippen LogP contribution in [0.1, 0.15) is 20.3 Å². The molecule has 0 saturated carbocycles. The van der Waals surface area contributed by atoms with E-state index >= 15 is 0 Å². The summed E-state index contributed by atoms with van der Waals surface area (Å²) in [6, 6.07) is -1.29. The van der Waals surface area contributed by atoms with E-state index in [2.05, 4.69) is 4.74 Å². The molecule has 0 radical (unpaired) electrons. The van der Waals surface area contributed by atoms with Crippen molar-refractivity contribution < 1.29 is 27.9 Å². The lowest BCUT2D eigenvalue weighted by atomic mass is 10.2. The van der Waals surface area contributed by atoms with Gasteiger partial charge in [0.1, 0.15) is 6.04 Å². The first-order valence-electron chi connectivity index (χ1n) is 4.52. The summed E-state index contributed by atoms with van der Waals surface area (Å²) in [5.74, 6) is -1.32. The number of carbonyl (C=O) groups is 2. The van der Waals surface area contributed by atoms with Gasteiger partial charge in [-0.1, -0.05) is 6.92 Å². The maximum Gasteiger partial charge on any atom is 0.421 e. The van der Waals surface area contributed by atoms with Crippen LogP contribution >= 0.6 is 0 Å². The normalized spacial score (nSPS) is 12.9. The van der Waals surface area contributed by atoms with E-state index in [1.807, 2.05) is 0 Å². The summed E-state index contributed by atoms with van der Waals surface area (Å²) in [7, 11) is -4.21. The van der Waals surface area contributed by atoms with Gasteiger partial charge in [0.25, 0.3) is 0 Å². The van der Waals surface area contributed by atoms with Gasteiger partial charge in [-0.2, -0.15) is 13.1 Å². The molecule has 0 heterocycles. The van der Waals surface area contributed by atoms with E-state index in [1.54, 1.807) is 4.72 Å². The van der Waals surface area contributed by atoms with Crippen LogP contribution in [0.4, 0.5) is 4.79 Å². The Kier molecular flexibility index (Phi) is 5.75. The molecule has 9 heteroatoms. The molecule has 0 aliphatic rings. The summed E-state index contributed by atoms with van der Waals surface area (Å²) >= 11 is 0. The molecule has 0 saturated heterocycles. The van der Waals surface area contributed by atoms with Gasteiger partial charge < -0.3 is 9.84 Å². The van der Waals surface area contributed by atoms with Gasteiger partial charge in [0.15, 0.2) is 0 Å². The monoisotopic (exact) mass is 254 g/mol. The molecule has 0 aromatic carbocycles. The first-order chi connectivity index (χ1) is 7.32. The fourth-order valence-corrected chi connectivity index (χ4v) is 1.77. The zero-order chi connectivity index (χ0) is 12.8. The first-order valence-corrected chi connectivity index (χ1v) is 6.00. The fraction of sp³-hybridized carbons (Fsp3) is 0.714. The van der Waals surface area contributed by atoms with Crippen molar-refractivity contribution in [3.05, 3.63) is 0 Å². The van der Waals surface area contributed by atoms with E-state index in [-0.39, 0.29) is 13.0 Å². The first kappa shape index (κ1) is 14.6. The van der Waals surface area contributed by atoms with E-state index in [4.69, 9.17) is 5.11 Å². The van der Waals surface area contributed by atoms with Gasteiger partial charge in [0.05, 0.1) is 6.61 Å². The van der Waals surface area contributed by atoms with Gasteiger partial charge in [-0.05, 0) is 13.3 Å². The van der Waals surface area contributed by atoms with Crippen molar-refractivity contribution in [1.82, 2.24) is 9.44 Å². The highest BCUT2D eigenvalue weighted by Crippen LogP contribution is 1.93. The van der Waals surface area contributed by atoms with E-state index in [1.165, 1.54) is 18.6 Å². The number of carbonyl (C=O) groups excluding carboxylic acids is 1. The van der Waals surface area contributed by atoms with Gasteiger partial charge in [0, 0.05) is 0 Å². The lowest BCUT2D eigenvalue weighted by Gasteiger charge is -2.12. The second-order valence-corrected chi connectivity index (χ2v) is 4.19. The zero-order valence-corrected chi connectivity index (χ0v) is 9.70. The third kappa shape index (κ3) is 5.51. The van der Waals surface area contributed by atoms with E-state index < -0.39 is 28.3 Å². The molecule has 0 aromatic heterocycles. The molecule has 0 aromatic rings. The molecule has 94 valence electrons. The molecule has 16 heavy (non-hydrogen) atoms. The SMILES string of the molecule is CCOC(=O)NS(=O)(=O)NC(CC)C(=O)O. The van der Waals surface area contributed by atoms with Crippen molar-refractivity contribution in [2.75, 3.05) is 6.61 Å². The lowest BCUT2D eigenvalue weighted by Crippen LogP contribution is -2.48. The number of rotatable bonds is 6. The van der Waals surface area contributed by atoms with Gasteiger partial charge in [-0.25, -0.2) is 9.52 Å². The Hall–Kier alpha value is -1.35. The van der Waals surface area contributed by atoms with Crippen LogP contribution < -0.4 is 9.44 Å². The van der Waals surface area contributed by atoms with E-state index in [9.17, 15) is 18.0 Å². The van der Waals surface area contributed by atoms with Crippen LogP contribution in [0.5, 0.6) is 0 Å². The fourth-order valence-electron chi connectivity index (χ4n) is 0.795. The van der Waals surface area contributed by atoms with Crippen LogP contribution in [0.3, 0.4) is 0 Å². The summed E-state index contributed by atoms with van der Waals surface area (Å²) in [4.78, 5) is 21.3. The maximum absolute atomic E-state index is 11.2. The maximum atomic E-state index is 11.2. The van der Waals surface area contributed by atoms with Crippen molar-refractivity contribution in [2.45, 2.75) is 26.3 Å². The van der Waals surface area contributed by atoms with Gasteiger partial charge in [0.2, 0.25) is 0 Å². The van der Waals surface area contributed by atoms with Crippen LogP contribution in [-0.4, -0.2) is 38.2 Å². The summed E-state index contributed by atoms with van der Waals surface area (Å²) < 4.78 is 30.0. The third-order valence-corrected chi connectivity index (χ3v) is 2.53. The molecule has 0 spiro atoms. The average Bonchev–Trinajstić information content (AvgIpc) is 2.13. The van der Waals surface area contributed by atoms with Crippen molar-refractivity contribution >= 4 is 22.3 Å². The Morgan fingerprint density at radius 3 is 2.31 bits per heavy atom. The Bertz CT molecular complexity index is 352. The average molecular weight is 254 g/mol. The largest absolute Gasteiger partial charge is 0.480 e. The van der Waals surface area contributed by atoms with E-state index in [0.717, 1.165) is 0 Å². The highest BCUT2D eigenvalue weighted by atomic mass is 32.2. The zero-order valence-electron chi connectivity index (χ0n) is 8.89. The number of hydrogen-bond acceptors (Lipinski definition) is 5. The molecule has 1 unspecified atom stereocenters. The molecule has 0 fully saturated rings. The second kappa shape index (κ2) is 6.28. The second-order valence-electron chi connectivity index (χ2n) is 2.74. The van der Waals surface area contributed by atoms with Crippen molar-refractivity contribution in [3.63, 3.8) is 0 Å². The number of nitrogens with one attached hydrogen (secondary N) is 2. The predicted molar refractivity (Wildman–Crippen MR) is 53.9 cm³/mol. The molecule has 1 amide bonds. The molecule has 1 atom stereocenters. The summed E-state index contributed by atoms with van der Waals surface area (Å²) in [5.41, 5.74) is 0. The van der Waals surface area contributed by atoms with Crippen LogP contribution in [-0.2, 0) is 19.7 Å². The van der Waals surface area contributed by atoms with Crippen molar-refractivity contribution in [2.24, 2.45) is 0 Å². The summed E-state index contributed by atoms with van der Waals surface area (Å²) in [5, 5.41) is 8.60. The van der Waals surface area contributed by atoms with Crippen molar-refractivity contribution in [3.8, 4) is 0 Å². The van der Waals surface area contributed by atoms with Gasteiger partial charge in [-0.15, -0.1) is 0 Å². The highest BCUT2D eigenvalue weighted by Gasteiger charge is 2.23. The molecular weight excluding hydrogens is 240 g/mol. The Morgan fingerprint density at radius 1 is 1.38 bits per heavy atom. The van der Waals surface area contributed by atoms with E-state index in [0.29, 0.717) is 0 Å². The minimum Gasteiger partial charge on any atom is -0.480 e. The lowest BCUT2D eigenvalue weighted by molar-refractivity contribution is -0.139. The van der Waals surface area contributed by atoms with Gasteiger partial charge >= 0.3 is 22.3 Å². The topological polar surface area (TPSA) is 122 Å². The standard InChI is InChI=1S/C7H14N2O6S/c1-3-5(6(10)11)8-16(13,14)9-7(12)15-4-2/h5,8H,3-4H2,1-2H3,(H,9,12)(H,10,11). The highest BCUT2D eigenvalue weighted by molar-refractivity contribution is 7.88. The molecule has 0 rings (SSSR count). The van der Waals surface area contributed by atoms with Gasteiger partial charge in [-0.3, -0.25) is 4.79 Å². The Balaban J connectivity index is 4.45. The van der Waals surface area contributed by atoms with Crippen LogP contribution in [0.15, 0.2) is 0 Å². The number of aliphatic carboxylic acids is 1. The third-order valence-electron chi connectivity index (χ3n) is 1.50. The molecule has 0 aliphatic carbocycles. The molecule has 0 bridgehead atoms. The molecule has 8 nitrogen and oxygen atoms in total.